The van der Waals surface area contributed by atoms with Crippen molar-refractivity contribution in [3.63, 3.8) is 0 Å². The SMILES string of the molecule is FC(F)(F)c1cccc(Cn2cc(CCBr)nn2)c1. The summed E-state index contributed by atoms with van der Waals surface area (Å²) in [7, 11) is 0. The van der Waals surface area contributed by atoms with Gasteiger partial charge < -0.3 is 0 Å². The molecule has 1 heterocycles. The van der Waals surface area contributed by atoms with Gasteiger partial charge in [0.15, 0.2) is 0 Å². The van der Waals surface area contributed by atoms with Crippen molar-refractivity contribution in [2.24, 2.45) is 0 Å². The van der Waals surface area contributed by atoms with Crippen LogP contribution in [-0.2, 0) is 19.1 Å². The fraction of sp³-hybridized carbons (Fsp3) is 0.333. The molecule has 2 aromatic rings. The summed E-state index contributed by atoms with van der Waals surface area (Å²) in [4.78, 5) is 0. The Balaban J connectivity index is 2.14. The standard InChI is InChI=1S/C12H11BrF3N3/c13-5-4-11-8-19(18-17-11)7-9-2-1-3-10(6-9)12(14,15)16/h1-3,6,8H,4-5,7H2. The van der Waals surface area contributed by atoms with Crippen molar-refractivity contribution in [3.8, 4) is 0 Å². The van der Waals surface area contributed by atoms with Crippen molar-refractivity contribution in [1.29, 1.82) is 0 Å². The molecule has 0 unspecified atom stereocenters. The van der Waals surface area contributed by atoms with Crippen LogP contribution in [-0.4, -0.2) is 20.3 Å². The lowest BCUT2D eigenvalue weighted by Crippen LogP contribution is -2.07. The maximum absolute atomic E-state index is 12.6. The molecule has 2 rings (SSSR count). The summed E-state index contributed by atoms with van der Waals surface area (Å²) in [5.74, 6) is 0. The molecule has 1 aromatic heterocycles. The summed E-state index contributed by atoms with van der Waals surface area (Å²) in [5, 5.41) is 8.59. The van der Waals surface area contributed by atoms with Crippen LogP contribution in [0.15, 0.2) is 30.5 Å². The molecule has 0 saturated heterocycles. The second-order valence-electron chi connectivity index (χ2n) is 4.04. The first-order valence-corrected chi connectivity index (χ1v) is 6.72. The molecule has 0 aliphatic carbocycles. The van der Waals surface area contributed by atoms with E-state index in [1.165, 1.54) is 10.7 Å². The smallest absolute Gasteiger partial charge is 0.248 e. The van der Waals surface area contributed by atoms with Crippen molar-refractivity contribution in [2.75, 3.05) is 5.33 Å². The van der Waals surface area contributed by atoms with Crippen LogP contribution in [0.25, 0.3) is 0 Å². The van der Waals surface area contributed by atoms with Crippen molar-refractivity contribution >= 4 is 15.9 Å². The molecule has 0 saturated carbocycles. The quantitative estimate of drug-likeness (QED) is 0.804. The lowest BCUT2D eigenvalue weighted by Gasteiger charge is -2.08. The first-order valence-electron chi connectivity index (χ1n) is 5.60. The highest BCUT2D eigenvalue weighted by molar-refractivity contribution is 9.09. The maximum atomic E-state index is 12.6. The Bertz CT molecular complexity index is 551. The number of benzene rings is 1. The van der Waals surface area contributed by atoms with Gasteiger partial charge >= 0.3 is 6.18 Å². The Kier molecular flexibility index (Phi) is 4.24. The Hall–Kier alpha value is -1.37. The summed E-state index contributed by atoms with van der Waals surface area (Å²) < 4.78 is 39.2. The van der Waals surface area contributed by atoms with E-state index in [2.05, 4.69) is 26.2 Å². The molecule has 3 nitrogen and oxygen atoms in total. The molecule has 0 aliphatic heterocycles. The molecule has 0 radical (unpaired) electrons. The first kappa shape index (κ1) is 14.0. The molecule has 0 atom stereocenters. The molecule has 1 aromatic carbocycles. The van der Waals surface area contributed by atoms with Crippen LogP contribution < -0.4 is 0 Å². The highest BCUT2D eigenvalue weighted by Gasteiger charge is 2.30. The average Bonchev–Trinajstić information content (AvgIpc) is 2.76. The van der Waals surface area contributed by atoms with E-state index >= 15 is 0 Å². The fourth-order valence-electron chi connectivity index (χ4n) is 1.66. The second kappa shape index (κ2) is 5.73. The predicted octanol–water partition coefficient (Wildman–Crippen LogP) is 3.28. The summed E-state index contributed by atoms with van der Waals surface area (Å²) in [6, 6.07) is 5.22. The van der Waals surface area contributed by atoms with Crippen LogP contribution in [0.1, 0.15) is 16.8 Å². The third-order valence-electron chi connectivity index (χ3n) is 2.54. The number of aryl methyl sites for hydroxylation is 1. The zero-order chi connectivity index (χ0) is 13.9. The fourth-order valence-corrected chi connectivity index (χ4v) is 2.07. The molecule has 0 fully saturated rings. The molecule has 102 valence electrons. The zero-order valence-electron chi connectivity index (χ0n) is 9.86. The number of nitrogens with zero attached hydrogens (tertiary/aromatic N) is 3. The number of hydrogen-bond donors (Lipinski definition) is 0. The normalized spacial score (nSPS) is 11.8. The van der Waals surface area contributed by atoms with Gasteiger partial charge in [-0.25, -0.2) is 4.68 Å². The van der Waals surface area contributed by atoms with Gasteiger partial charge in [0.2, 0.25) is 0 Å². The van der Waals surface area contributed by atoms with E-state index in [4.69, 9.17) is 0 Å². The lowest BCUT2D eigenvalue weighted by molar-refractivity contribution is -0.137. The minimum Gasteiger partial charge on any atom is -0.248 e. The van der Waals surface area contributed by atoms with Crippen LogP contribution >= 0.6 is 15.9 Å². The lowest BCUT2D eigenvalue weighted by atomic mass is 10.1. The first-order chi connectivity index (χ1) is 8.99. The van der Waals surface area contributed by atoms with Crippen LogP contribution in [0.2, 0.25) is 0 Å². The van der Waals surface area contributed by atoms with Crippen LogP contribution in [0.4, 0.5) is 13.2 Å². The molecular weight excluding hydrogens is 323 g/mol. The second-order valence-corrected chi connectivity index (χ2v) is 4.84. The van der Waals surface area contributed by atoms with Gasteiger partial charge in [0, 0.05) is 17.9 Å². The largest absolute Gasteiger partial charge is 0.416 e. The highest BCUT2D eigenvalue weighted by Crippen LogP contribution is 2.29. The van der Waals surface area contributed by atoms with Crippen LogP contribution in [0, 0.1) is 0 Å². The van der Waals surface area contributed by atoms with Crippen molar-refractivity contribution in [2.45, 2.75) is 19.1 Å². The van der Waals surface area contributed by atoms with Gasteiger partial charge in [-0.1, -0.05) is 33.3 Å². The molecule has 0 N–H and O–H groups in total. The minimum atomic E-state index is -4.32. The van der Waals surface area contributed by atoms with Gasteiger partial charge in [-0.15, -0.1) is 5.10 Å². The van der Waals surface area contributed by atoms with Crippen molar-refractivity contribution < 1.29 is 13.2 Å². The van der Waals surface area contributed by atoms with E-state index in [1.54, 1.807) is 12.3 Å². The Morgan fingerprint density at radius 1 is 1.26 bits per heavy atom. The van der Waals surface area contributed by atoms with Crippen molar-refractivity contribution in [1.82, 2.24) is 15.0 Å². The number of hydrogen-bond acceptors (Lipinski definition) is 2. The molecular formula is C12H11BrF3N3. The monoisotopic (exact) mass is 333 g/mol. The van der Waals surface area contributed by atoms with Gasteiger partial charge in [-0.05, 0) is 17.7 Å². The van der Waals surface area contributed by atoms with Crippen LogP contribution in [0.3, 0.4) is 0 Å². The van der Waals surface area contributed by atoms with Gasteiger partial charge in [0.1, 0.15) is 0 Å². The van der Waals surface area contributed by atoms with Crippen LogP contribution in [0.5, 0.6) is 0 Å². The zero-order valence-corrected chi connectivity index (χ0v) is 11.4. The molecule has 19 heavy (non-hydrogen) atoms. The molecule has 7 heteroatoms. The summed E-state index contributed by atoms with van der Waals surface area (Å²) in [6.07, 6.45) is -1.84. The van der Waals surface area contributed by atoms with E-state index in [9.17, 15) is 13.2 Å². The number of halogens is 4. The summed E-state index contributed by atoms with van der Waals surface area (Å²) in [5.41, 5.74) is 0.708. The summed E-state index contributed by atoms with van der Waals surface area (Å²) >= 11 is 3.29. The van der Waals surface area contributed by atoms with Crippen molar-refractivity contribution in [3.05, 3.63) is 47.3 Å². The molecule has 0 bridgehead atoms. The van der Waals surface area contributed by atoms with E-state index < -0.39 is 11.7 Å². The predicted molar refractivity (Wildman–Crippen MR) is 68.1 cm³/mol. The number of rotatable bonds is 4. The molecule has 0 spiro atoms. The topological polar surface area (TPSA) is 30.7 Å². The minimum absolute atomic E-state index is 0.277. The Labute approximate surface area is 116 Å². The highest BCUT2D eigenvalue weighted by atomic mass is 79.9. The third-order valence-corrected chi connectivity index (χ3v) is 2.93. The van der Waals surface area contributed by atoms with Gasteiger partial charge in [-0.3, -0.25) is 0 Å². The number of aromatic nitrogens is 3. The van der Waals surface area contributed by atoms with E-state index in [0.717, 1.165) is 29.6 Å². The van der Waals surface area contributed by atoms with E-state index in [1.807, 2.05) is 0 Å². The van der Waals surface area contributed by atoms with Gasteiger partial charge in [-0.2, -0.15) is 13.2 Å². The maximum Gasteiger partial charge on any atom is 0.416 e. The van der Waals surface area contributed by atoms with E-state index in [0.29, 0.717) is 5.56 Å². The molecule has 0 aliphatic rings. The van der Waals surface area contributed by atoms with Gasteiger partial charge in [0.25, 0.3) is 0 Å². The van der Waals surface area contributed by atoms with Gasteiger partial charge in [0.05, 0.1) is 17.8 Å². The Morgan fingerprint density at radius 2 is 2.05 bits per heavy atom. The molecule has 0 amide bonds. The summed E-state index contributed by atoms with van der Waals surface area (Å²) in [6.45, 7) is 0.277. The van der Waals surface area contributed by atoms with E-state index in [-0.39, 0.29) is 6.54 Å². The third kappa shape index (κ3) is 3.79. The average molecular weight is 334 g/mol. The number of alkyl halides is 4. The Morgan fingerprint density at radius 3 is 2.74 bits per heavy atom.